The minimum absolute atomic E-state index is 0.597. The van der Waals surface area contributed by atoms with Gasteiger partial charge in [0.05, 0.1) is 0 Å². The largest absolute Gasteiger partial charge is 0.312 e. The summed E-state index contributed by atoms with van der Waals surface area (Å²) < 4.78 is 0. The van der Waals surface area contributed by atoms with Gasteiger partial charge in [0.2, 0.25) is 0 Å². The average molecular weight is 249 g/mol. The van der Waals surface area contributed by atoms with E-state index >= 15 is 0 Å². The maximum Gasteiger partial charge on any atom is 0.0417 e. The molecule has 1 heterocycles. The molecule has 2 fully saturated rings. The highest BCUT2D eigenvalue weighted by atomic mass is 32.1. The van der Waals surface area contributed by atoms with Crippen LogP contribution in [0.5, 0.6) is 0 Å². The van der Waals surface area contributed by atoms with Crippen molar-refractivity contribution in [2.45, 2.75) is 45.1 Å². The Kier molecular flexibility index (Phi) is 3.27. The fourth-order valence-electron chi connectivity index (χ4n) is 4.07. The van der Waals surface area contributed by atoms with E-state index in [0.29, 0.717) is 6.04 Å². The monoisotopic (exact) mass is 249 g/mol. The highest BCUT2D eigenvalue weighted by Gasteiger charge is 2.40. The Balaban J connectivity index is 1.69. The molecule has 0 radical (unpaired) electrons. The van der Waals surface area contributed by atoms with Crippen molar-refractivity contribution in [3.63, 3.8) is 0 Å². The lowest BCUT2D eigenvalue weighted by atomic mass is 9.83. The highest BCUT2D eigenvalue weighted by Crippen LogP contribution is 2.51. The Bertz CT molecular complexity index is 384. The van der Waals surface area contributed by atoms with Gasteiger partial charge < -0.3 is 5.32 Å². The number of nitrogens with one attached hydrogen (secondary N) is 1. The lowest BCUT2D eigenvalue weighted by Gasteiger charge is -2.26. The van der Waals surface area contributed by atoms with Crippen molar-refractivity contribution in [3.05, 3.63) is 21.9 Å². The standard InChI is InChI=1S/C15H23NS/c1-10-5-6-17-15(10)14(16-2)9-13-8-11-3-4-12(13)7-11/h5-6,11-14,16H,3-4,7-9H2,1-2H3. The Morgan fingerprint density at radius 3 is 2.82 bits per heavy atom. The van der Waals surface area contributed by atoms with Crippen LogP contribution >= 0.6 is 11.3 Å². The summed E-state index contributed by atoms with van der Waals surface area (Å²) in [7, 11) is 2.12. The van der Waals surface area contributed by atoms with E-state index < -0.39 is 0 Å². The van der Waals surface area contributed by atoms with Crippen LogP contribution in [0.2, 0.25) is 0 Å². The van der Waals surface area contributed by atoms with Crippen molar-refractivity contribution in [2.75, 3.05) is 7.05 Å². The number of hydrogen-bond donors (Lipinski definition) is 1. The highest BCUT2D eigenvalue weighted by molar-refractivity contribution is 7.10. The van der Waals surface area contributed by atoms with Crippen LogP contribution < -0.4 is 5.32 Å². The molecule has 0 aliphatic heterocycles. The second-order valence-corrected chi connectivity index (χ2v) is 6.93. The summed E-state index contributed by atoms with van der Waals surface area (Å²) in [4.78, 5) is 1.57. The Morgan fingerprint density at radius 2 is 2.29 bits per heavy atom. The molecule has 3 rings (SSSR count). The van der Waals surface area contributed by atoms with Crippen molar-refractivity contribution in [1.82, 2.24) is 5.32 Å². The van der Waals surface area contributed by atoms with Crippen LogP contribution in [0.4, 0.5) is 0 Å². The number of aryl methyl sites for hydroxylation is 1. The van der Waals surface area contributed by atoms with Crippen LogP contribution in [-0.2, 0) is 0 Å². The van der Waals surface area contributed by atoms with Crippen molar-refractivity contribution in [1.29, 1.82) is 0 Å². The van der Waals surface area contributed by atoms with E-state index in [1.54, 1.807) is 4.88 Å². The molecule has 94 valence electrons. The topological polar surface area (TPSA) is 12.0 Å². The minimum atomic E-state index is 0.597. The summed E-state index contributed by atoms with van der Waals surface area (Å²) in [5.41, 5.74) is 1.47. The van der Waals surface area contributed by atoms with Crippen LogP contribution in [0, 0.1) is 24.7 Å². The van der Waals surface area contributed by atoms with Crippen LogP contribution in [-0.4, -0.2) is 7.05 Å². The van der Waals surface area contributed by atoms with Gasteiger partial charge in [-0.05, 0) is 74.4 Å². The van der Waals surface area contributed by atoms with Crippen LogP contribution in [0.1, 0.15) is 48.6 Å². The fraction of sp³-hybridized carbons (Fsp3) is 0.733. The average Bonchev–Trinajstić information content (AvgIpc) is 3.02. The van der Waals surface area contributed by atoms with Gasteiger partial charge in [0, 0.05) is 10.9 Å². The molecule has 17 heavy (non-hydrogen) atoms. The van der Waals surface area contributed by atoms with E-state index in [1.807, 2.05) is 11.3 Å². The van der Waals surface area contributed by atoms with Crippen molar-refractivity contribution >= 4 is 11.3 Å². The van der Waals surface area contributed by atoms with Crippen molar-refractivity contribution in [3.8, 4) is 0 Å². The van der Waals surface area contributed by atoms with Gasteiger partial charge in [-0.15, -0.1) is 11.3 Å². The van der Waals surface area contributed by atoms with Gasteiger partial charge in [0.15, 0.2) is 0 Å². The third-order valence-corrected chi connectivity index (χ3v) is 6.12. The maximum absolute atomic E-state index is 3.54. The van der Waals surface area contributed by atoms with E-state index in [0.717, 1.165) is 17.8 Å². The van der Waals surface area contributed by atoms with Crippen LogP contribution in [0.3, 0.4) is 0 Å². The molecule has 1 aromatic rings. The molecule has 0 aromatic carbocycles. The molecule has 1 aromatic heterocycles. The quantitative estimate of drug-likeness (QED) is 0.845. The molecule has 2 saturated carbocycles. The molecule has 4 atom stereocenters. The molecule has 4 unspecified atom stereocenters. The summed E-state index contributed by atoms with van der Waals surface area (Å²) in [5, 5.41) is 5.77. The Labute approximate surface area is 109 Å². The first-order valence-electron chi connectivity index (χ1n) is 6.99. The van der Waals surface area contributed by atoms with Gasteiger partial charge >= 0.3 is 0 Å². The molecular weight excluding hydrogens is 226 g/mol. The first-order chi connectivity index (χ1) is 8.28. The lowest BCUT2D eigenvalue weighted by molar-refractivity contribution is 0.285. The zero-order valence-corrected chi connectivity index (χ0v) is 11.7. The Hall–Kier alpha value is -0.340. The number of fused-ring (bicyclic) bond motifs is 2. The number of hydrogen-bond acceptors (Lipinski definition) is 2. The van der Waals surface area contributed by atoms with Gasteiger partial charge in [0.1, 0.15) is 0 Å². The van der Waals surface area contributed by atoms with Gasteiger partial charge in [0.25, 0.3) is 0 Å². The van der Waals surface area contributed by atoms with Crippen molar-refractivity contribution < 1.29 is 0 Å². The van der Waals surface area contributed by atoms with Gasteiger partial charge in [-0.3, -0.25) is 0 Å². The van der Waals surface area contributed by atoms with Crippen LogP contribution in [0.25, 0.3) is 0 Å². The van der Waals surface area contributed by atoms with Gasteiger partial charge in [-0.2, -0.15) is 0 Å². The predicted octanol–water partition coefficient (Wildman–Crippen LogP) is 4.14. The normalized spacial score (nSPS) is 33.2. The van der Waals surface area contributed by atoms with Crippen molar-refractivity contribution in [2.24, 2.45) is 17.8 Å². The maximum atomic E-state index is 3.54. The number of thiophene rings is 1. The summed E-state index contributed by atoms with van der Waals surface area (Å²) >= 11 is 1.92. The second-order valence-electron chi connectivity index (χ2n) is 5.98. The van der Waals surface area contributed by atoms with E-state index in [9.17, 15) is 0 Å². The lowest BCUT2D eigenvalue weighted by Crippen LogP contribution is -2.22. The minimum Gasteiger partial charge on any atom is -0.312 e. The van der Waals surface area contributed by atoms with Gasteiger partial charge in [-0.25, -0.2) is 0 Å². The molecule has 2 heteroatoms. The van der Waals surface area contributed by atoms with E-state index in [1.165, 1.54) is 37.7 Å². The van der Waals surface area contributed by atoms with E-state index in [4.69, 9.17) is 0 Å². The van der Waals surface area contributed by atoms with Gasteiger partial charge in [-0.1, -0.05) is 6.42 Å². The predicted molar refractivity (Wildman–Crippen MR) is 74.4 cm³/mol. The third kappa shape index (κ3) is 2.17. The van der Waals surface area contributed by atoms with E-state index in [2.05, 4.69) is 30.7 Å². The molecule has 2 bridgehead atoms. The molecule has 1 nitrogen and oxygen atoms in total. The van der Waals surface area contributed by atoms with E-state index in [-0.39, 0.29) is 0 Å². The summed E-state index contributed by atoms with van der Waals surface area (Å²) in [5.74, 6) is 3.12. The fourth-order valence-corrected chi connectivity index (χ4v) is 5.12. The SMILES string of the molecule is CNC(CC1CC2CCC1C2)c1sccc1C. The first-order valence-corrected chi connectivity index (χ1v) is 7.87. The molecule has 2 aliphatic rings. The Morgan fingerprint density at radius 1 is 1.41 bits per heavy atom. The summed E-state index contributed by atoms with van der Waals surface area (Å²) in [6.07, 6.45) is 7.43. The molecule has 1 N–H and O–H groups in total. The third-order valence-electron chi connectivity index (χ3n) is 4.99. The molecule has 0 spiro atoms. The molecular formula is C15H23NS. The summed E-state index contributed by atoms with van der Waals surface area (Å²) in [6, 6.07) is 2.85. The number of rotatable bonds is 4. The summed E-state index contributed by atoms with van der Waals surface area (Å²) in [6.45, 7) is 2.25. The second kappa shape index (κ2) is 4.74. The zero-order valence-electron chi connectivity index (χ0n) is 10.9. The molecule has 0 saturated heterocycles. The smallest absolute Gasteiger partial charge is 0.0417 e. The zero-order chi connectivity index (χ0) is 11.8. The van der Waals surface area contributed by atoms with Crippen LogP contribution in [0.15, 0.2) is 11.4 Å². The molecule has 0 amide bonds. The molecule has 2 aliphatic carbocycles. The first kappa shape index (κ1) is 11.7.